The molecule has 0 spiro atoms. The van der Waals surface area contributed by atoms with Gasteiger partial charge in [0.1, 0.15) is 6.61 Å². The highest BCUT2D eigenvalue weighted by Crippen LogP contribution is 2.07. The Bertz CT molecular complexity index is 173. The van der Waals surface area contributed by atoms with Gasteiger partial charge in [-0.2, -0.15) is 0 Å². The maximum absolute atomic E-state index is 10.5. The molecular formula is C9H18N2O2. The molecule has 0 bridgehead atoms. The predicted molar refractivity (Wildman–Crippen MR) is 50.3 cm³/mol. The Morgan fingerprint density at radius 2 is 2.46 bits per heavy atom. The largest absolute Gasteiger partial charge is 0.465 e. The van der Waals surface area contributed by atoms with E-state index in [1.807, 2.05) is 0 Å². The number of hydrogen-bond acceptors (Lipinski definition) is 4. The molecule has 0 saturated carbocycles. The molecule has 0 radical (unpaired) electrons. The van der Waals surface area contributed by atoms with Crippen molar-refractivity contribution in [3.8, 4) is 0 Å². The maximum Gasteiger partial charge on any atom is 0.302 e. The van der Waals surface area contributed by atoms with Crippen LogP contribution >= 0.6 is 0 Å². The van der Waals surface area contributed by atoms with Crippen LogP contribution in [-0.4, -0.2) is 43.2 Å². The van der Waals surface area contributed by atoms with Gasteiger partial charge in [0.25, 0.3) is 0 Å². The summed E-state index contributed by atoms with van der Waals surface area (Å²) in [6.45, 7) is 4.74. The lowest BCUT2D eigenvalue weighted by atomic mass is 10.1. The maximum atomic E-state index is 10.5. The number of esters is 1. The minimum atomic E-state index is -0.207. The minimum Gasteiger partial charge on any atom is -0.465 e. The van der Waals surface area contributed by atoms with E-state index in [-0.39, 0.29) is 5.97 Å². The molecule has 1 heterocycles. The van der Waals surface area contributed by atoms with Crippen LogP contribution in [0.25, 0.3) is 0 Å². The molecule has 1 atom stereocenters. The molecule has 2 N–H and O–H groups in total. The normalized spacial score (nSPS) is 24.3. The van der Waals surface area contributed by atoms with Crippen LogP contribution in [0.1, 0.15) is 19.8 Å². The summed E-state index contributed by atoms with van der Waals surface area (Å²) in [5, 5.41) is 0. The fourth-order valence-corrected chi connectivity index (χ4v) is 1.61. The molecular weight excluding hydrogens is 168 g/mol. The van der Waals surface area contributed by atoms with Crippen molar-refractivity contribution in [1.82, 2.24) is 4.90 Å². The number of ether oxygens (including phenoxy) is 1. The average molecular weight is 186 g/mol. The van der Waals surface area contributed by atoms with Gasteiger partial charge in [-0.1, -0.05) is 0 Å². The Morgan fingerprint density at radius 1 is 1.69 bits per heavy atom. The number of likely N-dealkylation sites (tertiary alicyclic amines) is 1. The van der Waals surface area contributed by atoms with Gasteiger partial charge in [-0.05, 0) is 19.4 Å². The second kappa shape index (κ2) is 5.19. The van der Waals surface area contributed by atoms with E-state index in [2.05, 4.69) is 4.90 Å². The molecule has 76 valence electrons. The fraction of sp³-hybridized carbons (Fsp3) is 0.889. The number of hydrogen-bond donors (Lipinski definition) is 1. The van der Waals surface area contributed by atoms with Crippen molar-refractivity contribution < 1.29 is 9.53 Å². The molecule has 4 heteroatoms. The lowest BCUT2D eigenvalue weighted by Gasteiger charge is -2.30. The summed E-state index contributed by atoms with van der Waals surface area (Å²) < 4.78 is 4.86. The average Bonchev–Trinajstić information content (AvgIpc) is 2.03. The standard InChI is InChI=1S/C9H18N2O2/c1-8(12)13-6-5-11-4-2-3-9(10)7-11/h9H,2-7,10H2,1H3. The zero-order valence-electron chi connectivity index (χ0n) is 8.16. The van der Waals surface area contributed by atoms with Crippen molar-refractivity contribution in [3.05, 3.63) is 0 Å². The van der Waals surface area contributed by atoms with Crippen LogP contribution in [0.4, 0.5) is 0 Å². The van der Waals surface area contributed by atoms with Crippen LogP contribution < -0.4 is 5.73 Å². The van der Waals surface area contributed by atoms with Gasteiger partial charge >= 0.3 is 5.97 Å². The predicted octanol–water partition coefficient (Wildman–Crippen LogP) is -0.0274. The van der Waals surface area contributed by atoms with Gasteiger partial charge in [0, 0.05) is 26.1 Å². The number of nitrogens with two attached hydrogens (primary N) is 1. The molecule has 1 aliphatic rings. The Hall–Kier alpha value is -0.610. The number of nitrogens with zero attached hydrogens (tertiary/aromatic N) is 1. The second-order valence-electron chi connectivity index (χ2n) is 3.54. The van der Waals surface area contributed by atoms with Gasteiger partial charge in [0.2, 0.25) is 0 Å². The molecule has 13 heavy (non-hydrogen) atoms. The van der Waals surface area contributed by atoms with Gasteiger partial charge in [-0.15, -0.1) is 0 Å². The number of carbonyl (C=O) groups is 1. The first kappa shape index (κ1) is 10.5. The van der Waals surface area contributed by atoms with Crippen molar-refractivity contribution in [1.29, 1.82) is 0 Å². The van der Waals surface area contributed by atoms with E-state index in [0.717, 1.165) is 32.5 Å². The summed E-state index contributed by atoms with van der Waals surface area (Å²) in [4.78, 5) is 12.7. The third kappa shape index (κ3) is 4.24. The zero-order valence-corrected chi connectivity index (χ0v) is 8.16. The summed E-state index contributed by atoms with van der Waals surface area (Å²) in [6, 6.07) is 0.297. The van der Waals surface area contributed by atoms with Crippen LogP contribution in [0.5, 0.6) is 0 Å². The highest BCUT2D eigenvalue weighted by molar-refractivity contribution is 5.65. The minimum absolute atomic E-state index is 0.207. The molecule has 0 aromatic rings. The molecule has 1 aliphatic heterocycles. The van der Waals surface area contributed by atoms with E-state index in [9.17, 15) is 4.79 Å². The number of rotatable bonds is 3. The fourth-order valence-electron chi connectivity index (χ4n) is 1.61. The van der Waals surface area contributed by atoms with E-state index in [1.54, 1.807) is 0 Å². The molecule has 1 fully saturated rings. The van der Waals surface area contributed by atoms with Crippen molar-refractivity contribution in [2.45, 2.75) is 25.8 Å². The van der Waals surface area contributed by atoms with E-state index in [0.29, 0.717) is 12.6 Å². The van der Waals surface area contributed by atoms with E-state index < -0.39 is 0 Å². The van der Waals surface area contributed by atoms with Crippen molar-refractivity contribution >= 4 is 5.97 Å². The van der Waals surface area contributed by atoms with Crippen LogP contribution in [0.15, 0.2) is 0 Å². The van der Waals surface area contributed by atoms with Crippen LogP contribution in [-0.2, 0) is 9.53 Å². The van der Waals surface area contributed by atoms with Crippen LogP contribution in [0.3, 0.4) is 0 Å². The molecule has 1 unspecified atom stereocenters. The lowest BCUT2D eigenvalue weighted by molar-refractivity contribution is -0.141. The first-order valence-electron chi connectivity index (χ1n) is 4.80. The van der Waals surface area contributed by atoms with Crippen molar-refractivity contribution in [3.63, 3.8) is 0 Å². The first-order chi connectivity index (χ1) is 6.18. The van der Waals surface area contributed by atoms with Crippen LogP contribution in [0, 0.1) is 0 Å². The summed E-state index contributed by atoms with van der Waals surface area (Å²) in [6.07, 6.45) is 2.27. The molecule has 0 aromatic heterocycles. The second-order valence-corrected chi connectivity index (χ2v) is 3.54. The Kier molecular flexibility index (Phi) is 4.18. The molecule has 0 amide bonds. The van der Waals surface area contributed by atoms with Crippen molar-refractivity contribution in [2.24, 2.45) is 5.73 Å². The summed E-state index contributed by atoms with van der Waals surface area (Å²) in [7, 11) is 0. The third-order valence-corrected chi connectivity index (χ3v) is 2.25. The summed E-state index contributed by atoms with van der Waals surface area (Å²) >= 11 is 0. The summed E-state index contributed by atoms with van der Waals surface area (Å²) in [5.41, 5.74) is 5.81. The summed E-state index contributed by atoms with van der Waals surface area (Å²) in [5.74, 6) is -0.207. The monoisotopic (exact) mass is 186 g/mol. The van der Waals surface area contributed by atoms with Gasteiger partial charge in [-0.25, -0.2) is 0 Å². The van der Waals surface area contributed by atoms with Gasteiger partial charge in [0.15, 0.2) is 0 Å². The van der Waals surface area contributed by atoms with Gasteiger partial charge < -0.3 is 10.5 Å². The highest BCUT2D eigenvalue weighted by Gasteiger charge is 2.15. The Balaban J connectivity index is 2.10. The number of carbonyl (C=O) groups excluding carboxylic acids is 1. The molecule has 0 aromatic carbocycles. The van der Waals surface area contributed by atoms with E-state index >= 15 is 0 Å². The zero-order chi connectivity index (χ0) is 9.68. The number of piperidine rings is 1. The third-order valence-electron chi connectivity index (χ3n) is 2.25. The van der Waals surface area contributed by atoms with Crippen LogP contribution in [0.2, 0.25) is 0 Å². The smallest absolute Gasteiger partial charge is 0.302 e. The Morgan fingerprint density at radius 3 is 3.08 bits per heavy atom. The van der Waals surface area contributed by atoms with Crippen molar-refractivity contribution in [2.75, 3.05) is 26.2 Å². The molecule has 4 nitrogen and oxygen atoms in total. The van der Waals surface area contributed by atoms with Gasteiger partial charge in [0.05, 0.1) is 0 Å². The van der Waals surface area contributed by atoms with Gasteiger partial charge in [-0.3, -0.25) is 9.69 Å². The SMILES string of the molecule is CC(=O)OCCN1CCCC(N)C1. The van der Waals surface area contributed by atoms with E-state index in [1.165, 1.54) is 6.92 Å². The topological polar surface area (TPSA) is 55.6 Å². The lowest BCUT2D eigenvalue weighted by Crippen LogP contribution is -2.44. The Labute approximate surface area is 79.0 Å². The highest BCUT2D eigenvalue weighted by atomic mass is 16.5. The quantitative estimate of drug-likeness (QED) is 0.629. The first-order valence-corrected chi connectivity index (χ1v) is 4.80. The van der Waals surface area contributed by atoms with E-state index in [4.69, 9.17) is 10.5 Å². The molecule has 1 saturated heterocycles. The molecule has 1 rings (SSSR count). The molecule has 0 aliphatic carbocycles.